The first kappa shape index (κ1) is 27.1. The fourth-order valence-electron chi connectivity index (χ4n) is 4.34. The average Bonchev–Trinajstić information content (AvgIpc) is 3.17. The van der Waals surface area contributed by atoms with Gasteiger partial charge in [0.25, 0.3) is 8.32 Å². The Bertz CT molecular complexity index is 972. The number of hydrogen-bond acceptors (Lipinski definition) is 4. The second-order valence-corrected chi connectivity index (χ2v) is 14.9. The molecule has 8 heteroatoms. The predicted molar refractivity (Wildman–Crippen MR) is 146 cm³/mol. The van der Waals surface area contributed by atoms with Crippen LogP contribution in [-0.4, -0.2) is 44.0 Å². The lowest BCUT2D eigenvalue weighted by molar-refractivity contribution is 0.102. The van der Waals surface area contributed by atoms with Gasteiger partial charge in [0.15, 0.2) is 0 Å². The fourth-order valence-corrected chi connectivity index (χ4v) is 9.62. The van der Waals surface area contributed by atoms with Gasteiger partial charge < -0.3 is 14.9 Å². The Morgan fingerprint density at radius 3 is 2.15 bits per heavy atom. The van der Waals surface area contributed by atoms with Crippen LogP contribution >= 0.6 is 27.5 Å². The third kappa shape index (κ3) is 6.59. The molecule has 0 spiro atoms. The summed E-state index contributed by atoms with van der Waals surface area (Å²) in [6, 6.07) is 23.1. The first-order chi connectivity index (χ1) is 16.3. The van der Waals surface area contributed by atoms with Crippen LogP contribution in [0.3, 0.4) is 0 Å². The Morgan fingerprint density at radius 2 is 1.62 bits per heavy atom. The van der Waals surface area contributed by atoms with Crippen LogP contribution in [-0.2, 0) is 21.6 Å². The van der Waals surface area contributed by atoms with E-state index in [1.807, 2.05) is 10.7 Å². The summed E-state index contributed by atoms with van der Waals surface area (Å²) in [5.74, 6) is 0.395. The van der Waals surface area contributed by atoms with Gasteiger partial charge in [0.1, 0.15) is 4.60 Å². The molecule has 0 unspecified atom stereocenters. The van der Waals surface area contributed by atoms with E-state index in [-0.39, 0.29) is 11.1 Å². The minimum absolute atomic E-state index is 0.0307. The van der Waals surface area contributed by atoms with Crippen LogP contribution in [0.1, 0.15) is 32.9 Å². The van der Waals surface area contributed by atoms with Crippen LogP contribution < -0.4 is 16.1 Å². The number of ether oxygens (including phenoxy) is 1. The van der Waals surface area contributed by atoms with Gasteiger partial charge in [-0.05, 0) is 43.8 Å². The van der Waals surface area contributed by atoms with E-state index < -0.39 is 8.32 Å². The Kier molecular flexibility index (Phi) is 9.94. The Morgan fingerprint density at radius 1 is 1.03 bits per heavy atom. The topological polar surface area (TPSA) is 62.3 Å². The number of rotatable bonds is 12. The molecule has 0 aliphatic heterocycles. The van der Waals surface area contributed by atoms with Gasteiger partial charge in [0.2, 0.25) is 0 Å². The third-order valence-electron chi connectivity index (χ3n) is 5.88. The Balaban J connectivity index is 1.59. The molecular weight excluding hydrogens is 530 g/mol. The summed E-state index contributed by atoms with van der Waals surface area (Å²) in [6.07, 6.45) is 0.803. The zero-order valence-electron chi connectivity index (χ0n) is 20.2. The summed E-state index contributed by atoms with van der Waals surface area (Å²) in [5.41, 5.74) is 7.20. The molecule has 184 valence electrons. The highest BCUT2D eigenvalue weighted by Gasteiger charge is 2.49. The van der Waals surface area contributed by atoms with Crippen LogP contribution in [0.25, 0.3) is 0 Å². The molecule has 2 aromatic carbocycles. The molecule has 1 aromatic heterocycles. The van der Waals surface area contributed by atoms with Crippen molar-refractivity contribution >= 4 is 46.2 Å². The van der Waals surface area contributed by atoms with Crippen molar-refractivity contribution in [2.75, 3.05) is 19.8 Å². The molecule has 0 bridgehead atoms. The fraction of sp³-hybridized carbons (Fsp3) is 0.423. The molecule has 0 saturated heterocycles. The minimum Gasteiger partial charge on any atom is -0.407 e. The molecule has 1 heterocycles. The number of nitrogens with two attached hydrogens (primary N) is 1. The molecular formula is C26H35BrClN3O2Si. The van der Waals surface area contributed by atoms with Crippen molar-refractivity contribution in [3.05, 3.63) is 77.0 Å². The van der Waals surface area contributed by atoms with Crippen molar-refractivity contribution in [3.63, 3.8) is 0 Å². The summed E-state index contributed by atoms with van der Waals surface area (Å²) >= 11 is 9.37. The molecule has 3 aromatic rings. The summed E-state index contributed by atoms with van der Waals surface area (Å²) in [7, 11) is -2.50. The lowest BCUT2D eigenvalue weighted by Gasteiger charge is -2.43. The Hall–Kier alpha value is -1.48. The Labute approximate surface area is 217 Å². The first-order valence-corrected chi connectivity index (χ1v) is 14.9. The van der Waals surface area contributed by atoms with E-state index in [1.54, 1.807) is 0 Å². The number of halogens is 2. The smallest absolute Gasteiger partial charge is 0.261 e. The monoisotopic (exact) mass is 563 g/mol. The second-order valence-electron chi connectivity index (χ2n) is 9.47. The highest BCUT2D eigenvalue weighted by atomic mass is 79.9. The molecule has 0 aliphatic carbocycles. The van der Waals surface area contributed by atoms with Gasteiger partial charge in [0.05, 0.1) is 24.7 Å². The largest absolute Gasteiger partial charge is 0.407 e. The van der Waals surface area contributed by atoms with E-state index in [0.29, 0.717) is 32.2 Å². The van der Waals surface area contributed by atoms with Crippen LogP contribution in [0, 0.1) is 0 Å². The SMILES string of the molecule is CC(C)(C)[Si](OCCCOC[C@@H](N)Cn1nc(Br)cc1CCl)(c1ccccc1)c1ccccc1. The highest BCUT2D eigenvalue weighted by molar-refractivity contribution is 9.10. The summed E-state index contributed by atoms with van der Waals surface area (Å²) < 4.78 is 15.4. The molecule has 0 aliphatic rings. The number of nitrogens with zero attached hydrogens (tertiary/aromatic N) is 2. The van der Waals surface area contributed by atoms with Gasteiger partial charge >= 0.3 is 0 Å². The number of hydrogen-bond donors (Lipinski definition) is 1. The molecule has 0 fully saturated rings. The van der Waals surface area contributed by atoms with Crippen LogP contribution in [0.15, 0.2) is 71.3 Å². The van der Waals surface area contributed by atoms with Gasteiger partial charge in [-0.3, -0.25) is 4.68 Å². The molecule has 3 rings (SSSR count). The quantitative estimate of drug-likeness (QED) is 0.197. The van der Waals surface area contributed by atoms with Crippen molar-refractivity contribution in [1.29, 1.82) is 0 Å². The summed E-state index contributed by atoms with van der Waals surface area (Å²) in [5, 5.41) is 6.93. The number of aromatic nitrogens is 2. The van der Waals surface area contributed by atoms with E-state index in [1.165, 1.54) is 10.4 Å². The van der Waals surface area contributed by atoms with Gasteiger partial charge in [0, 0.05) is 19.3 Å². The maximum atomic E-state index is 6.90. The van der Waals surface area contributed by atoms with Crippen molar-refractivity contribution in [3.8, 4) is 0 Å². The van der Waals surface area contributed by atoms with Crippen molar-refractivity contribution in [2.45, 2.75) is 50.7 Å². The van der Waals surface area contributed by atoms with Crippen LogP contribution in [0.2, 0.25) is 5.04 Å². The van der Waals surface area contributed by atoms with Crippen molar-refractivity contribution in [1.82, 2.24) is 9.78 Å². The van der Waals surface area contributed by atoms with Gasteiger partial charge in [-0.1, -0.05) is 81.4 Å². The van der Waals surface area contributed by atoms with Crippen molar-refractivity contribution in [2.24, 2.45) is 5.73 Å². The number of alkyl halides is 1. The van der Waals surface area contributed by atoms with E-state index in [4.69, 9.17) is 26.5 Å². The van der Waals surface area contributed by atoms with Crippen LogP contribution in [0.5, 0.6) is 0 Å². The maximum Gasteiger partial charge on any atom is 0.261 e. The molecule has 0 radical (unpaired) electrons. The highest BCUT2D eigenvalue weighted by Crippen LogP contribution is 2.36. The second kappa shape index (κ2) is 12.5. The van der Waals surface area contributed by atoms with Gasteiger partial charge in [-0.15, -0.1) is 11.6 Å². The molecule has 2 N–H and O–H groups in total. The predicted octanol–water partition coefficient (Wildman–Crippen LogP) is 4.70. The molecule has 34 heavy (non-hydrogen) atoms. The molecule has 0 saturated carbocycles. The lowest BCUT2D eigenvalue weighted by atomic mass is 10.2. The van der Waals surface area contributed by atoms with E-state index in [0.717, 1.165) is 16.7 Å². The zero-order valence-corrected chi connectivity index (χ0v) is 23.6. The number of benzene rings is 2. The van der Waals surface area contributed by atoms with E-state index >= 15 is 0 Å². The lowest BCUT2D eigenvalue weighted by Crippen LogP contribution is -2.66. The standard InChI is InChI=1S/C26H35BrClN3O2Si/c1-26(2,3)34(23-11-6-4-7-12-23,24-13-8-5-9-14-24)33-16-10-15-32-20-21(29)19-31-22(18-28)17-25(27)30-31/h4-9,11-14,17,21H,10,15-16,18-20,29H2,1-3H3/t21-/m0/s1. The van der Waals surface area contributed by atoms with E-state index in [2.05, 4.69) is 102 Å². The normalized spacial score (nSPS) is 13.2. The van der Waals surface area contributed by atoms with Gasteiger partial charge in [-0.25, -0.2) is 0 Å². The third-order valence-corrected chi connectivity index (χ3v) is 11.6. The average molecular weight is 565 g/mol. The van der Waals surface area contributed by atoms with Crippen molar-refractivity contribution < 1.29 is 9.16 Å². The molecule has 0 amide bonds. The summed E-state index contributed by atoms with van der Waals surface area (Å²) in [6.45, 7) is 9.11. The first-order valence-electron chi connectivity index (χ1n) is 11.6. The van der Waals surface area contributed by atoms with Crippen LogP contribution in [0.4, 0.5) is 0 Å². The maximum absolute atomic E-state index is 6.90. The summed E-state index contributed by atoms with van der Waals surface area (Å²) in [4.78, 5) is 0. The zero-order chi connectivity index (χ0) is 24.6. The molecule has 5 nitrogen and oxygen atoms in total. The van der Waals surface area contributed by atoms with E-state index in [9.17, 15) is 0 Å². The van der Waals surface area contributed by atoms with Gasteiger partial charge in [-0.2, -0.15) is 5.10 Å². The molecule has 1 atom stereocenters. The minimum atomic E-state index is -2.50.